The second kappa shape index (κ2) is 13.3. The predicted molar refractivity (Wildman–Crippen MR) is 142 cm³/mol. The van der Waals surface area contributed by atoms with Crippen molar-refractivity contribution in [2.75, 3.05) is 45.4 Å². The zero-order valence-electron chi connectivity index (χ0n) is 21.0. The molecule has 9 heteroatoms. The number of rotatable bonds is 14. The Morgan fingerprint density at radius 3 is 2.35 bits per heavy atom. The van der Waals surface area contributed by atoms with Crippen LogP contribution in [0, 0.1) is 0 Å². The van der Waals surface area contributed by atoms with Crippen LogP contribution in [0.2, 0.25) is 0 Å². The van der Waals surface area contributed by atoms with E-state index in [1.165, 1.54) is 0 Å². The van der Waals surface area contributed by atoms with Gasteiger partial charge in [-0.2, -0.15) is 4.98 Å². The average molecular weight is 505 g/mol. The molecule has 9 nitrogen and oxygen atoms in total. The maximum atomic E-state index is 10.3. The van der Waals surface area contributed by atoms with Gasteiger partial charge in [-0.25, -0.2) is 4.68 Å². The summed E-state index contributed by atoms with van der Waals surface area (Å²) in [4.78, 5) is 4.61. The Morgan fingerprint density at radius 1 is 0.892 bits per heavy atom. The third-order valence-corrected chi connectivity index (χ3v) is 5.44. The first-order valence-electron chi connectivity index (χ1n) is 12.2. The van der Waals surface area contributed by atoms with Crippen molar-refractivity contribution in [2.45, 2.75) is 13.0 Å². The lowest BCUT2D eigenvalue weighted by Gasteiger charge is -2.14. The fraction of sp³-hybridized carbons (Fsp3) is 0.286. The summed E-state index contributed by atoms with van der Waals surface area (Å²) in [6, 6.07) is 25.0. The number of aromatic nitrogens is 3. The minimum absolute atomic E-state index is 0.200. The molecule has 0 aliphatic heterocycles. The summed E-state index contributed by atoms with van der Waals surface area (Å²) >= 11 is 0. The number of methoxy groups -OCH3 is 1. The molecule has 37 heavy (non-hydrogen) atoms. The molecule has 0 fully saturated rings. The van der Waals surface area contributed by atoms with E-state index in [1.54, 1.807) is 11.8 Å². The number of nitrogens with one attached hydrogen (secondary N) is 1. The summed E-state index contributed by atoms with van der Waals surface area (Å²) in [7, 11) is 1.63. The number of benzene rings is 3. The number of para-hydroxylation sites is 1. The van der Waals surface area contributed by atoms with Gasteiger partial charge in [0.1, 0.15) is 30.8 Å². The van der Waals surface area contributed by atoms with Crippen molar-refractivity contribution in [1.29, 1.82) is 0 Å². The summed E-state index contributed by atoms with van der Waals surface area (Å²) < 4.78 is 23.7. The van der Waals surface area contributed by atoms with Crippen LogP contribution >= 0.6 is 0 Å². The van der Waals surface area contributed by atoms with Gasteiger partial charge in [-0.1, -0.05) is 18.2 Å². The minimum Gasteiger partial charge on any atom is -0.497 e. The van der Waals surface area contributed by atoms with Gasteiger partial charge < -0.3 is 29.4 Å². The molecule has 0 bridgehead atoms. The molecule has 4 aromatic rings. The van der Waals surface area contributed by atoms with E-state index in [2.05, 4.69) is 15.4 Å². The fourth-order valence-corrected chi connectivity index (χ4v) is 3.52. The number of aliphatic hydroxyl groups excluding tert-OH is 1. The number of hydrogen-bond acceptors (Lipinski definition) is 8. The Balaban J connectivity index is 1.43. The Bertz CT molecular complexity index is 1210. The van der Waals surface area contributed by atoms with E-state index < -0.39 is 6.10 Å². The summed E-state index contributed by atoms with van der Waals surface area (Å²) in [5, 5.41) is 18.1. The Hall–Kier alpha value is -4.08. The first-order valence-corrected chi connectivity index (χ1v) is 12.2. The largest absolute Gasteiger partial charge is 0.497 e. The molecule has 1 atom stereocenters. The molecule has 0 amide bonds. The van der Waals surface area contributed by atoms with E-state index in [0.717, 1.165) is 28.4 Å². The molecule has 194 valence electrons. The summed E-state index contributed by atoms with van der Waals surface area (Å²) in [5.74, 6) is 2.13. The highest BCUT2D eigenvalue weighted by Crippen LogP contribution is 2.26. The van der Waals surface area contributed by atoms with Gasteiger partial charge in [0.15, 0.2) is 5.82 Å². The highest BCUT2D eigenvalue weighted by molar-refractivity contribution is 5.60. The molecule has 3 aromatic carbocycles. The Morgan fingerprint density at radius 2 is 1.65 bits per heavy atom. The topological polar surface area (TPSA) is 99.9 Å². The molecule has 1 aromatic heterocycles. The van der Waals surface area contributed by atoms with Crippen molar-refractivity contribution in [3.63, 3.8) is 0 Å². The maximum Gasteiger partial charge on any atom is 0.336 e. The van der Waals surface area contributed by atoms with Gasteiger partial charge in [-0.05, 0) is 67.6 Å². The highest BCUT2D eigenvalue weighted by Gasteiger charge is 2.15. The lowest BCUT2D eigenvalue weighted by atomic mass is 10.2. The standard InChI is InChI=1S/C28H32N4O5/c1-3-35-17-18-36-28-30-27(21-9-15-25(34-2)16-10-21)32(31-28)23-13-11-22(12-14-23)29-19-24(33)20-37-26-7-5-4-6-8-26/h4-16,24,29,33H,3,17-20H2,1-2H3. The van der Waals surface area contributed by atoms with Gasteiger partial charge >= 0.3 is 6.01 Å². The van der Waals surface area contributed by atoms with Crippen molar-refractivity contribution in [2.24, 2.45) is 0 Å². The van der Waals surface area contributed by atoms with Crippen molar-refractivity contribution in [1.82, 2.24) is 14.8 Å². The second-order valence-corrected chi connectivity index (χ2v) is 8.11. The van der Waals surface area contributed by atoms with E-state index in [1.807, 2.05) is 85.8 Å². The molecular formula is C28H32N4O5. The van der Waals surface area contributed by atoms with Crippen LogP contribution in [-0.2, 0) is 4.74 Å². The number of anilines is 1. The van der Waals surface area contributed by atoms with Crippen LogP contribution in [0.1, 0.15) is 6.92 Å². The normalized spacial score (nSPS) is 11.6. The number of nitrogens with zero attached hydrogens (tertiary/aromatic N) is 3. The molecule has 0 aliphatic carbocycles. The van der Waals surface area contributed by atoms with E-state index in [-0.39, 0.29) is 12.6 Å². The van der Waals surface area contributed by atoms with Crippen LogP contribution in [0.3, 0.4) is 0 Å². The van der Waals surface area contributed by atoms with Gasteiger partial charge in [0.2, 0.25) is 0 Å². The molecule has 0 saturated heterocycles. The molecule has 0 radical (unpaired) electrons. The van der Waals surface area contributed by atoms with Crippen LogP contribution < -0.4 is 19.5 Å². The van der Waals surface area contributed by atoms with Crippen LogP contribution in [0.4, 0.5) is 5.69 Å². The van der Waals surface area contributed by atoms with Crippen molar-refractivity contribution in [3.05, 3.63) is 78.9 Å². The molecule has 4 rings (SSSR count). The average Bonchev–Trinajstić information content (AvgIpc) is 3.38. The number of hydrogen-bond donors (Lipinski definition) is 2. The predicted octanol–water partition coefficient (Wildman–Crippen LogP) is 4.21. The molecule has 2 N–H and O–H groups in total. The number of aliphatic hydroxyl groups is 1. The summed E-state index contributed by atoms with van der Waals surface area (Å²) in [6.45, 7) is 3.94. The van der Waals surface area contributed by atoms with E-state index in [0.29, 0.717) is 32.2 Å². The van der Waals surface area contributed by atoms with E-state index in [4.69, 9.17) is 18.9 Å². The lowest BCUT2D eigenvalue weighted by Crippen LogP contribution is -2.26. The third-order valence-electron chi connectivity index (χ3n) is 5.44. The quantitative estimate of drug-likeness (QED) is 0.246. The molecule has 0 aliphatic rings. The van der Waals surface area contributed by atoms with Crippen LogP contribution in [0.5, 0.6) is 17.5 Å². The molecule has 1 heterocycles. The SMILES string of the molecule is CCOCCOc1nc(-c2ccc(OC)cc2)n(-c2ccc(NCC(O)COc3ccccc3)cc2)n1. The second-order valence-electron chi connectivity index (χ2n) is 8.11. The molecule has 1 unspecified atom stereocenters. The molecule has 0 saturated carbocycles. The van der Waals surface area contributed by atoms with Gasteiger partial charge in [-0.15, -0.1) is 5.10 Å². The highest BCUT2D eigenvalue weighted by atomic mass is 16.5. The maximum absolute atomic E-state index is 10.3. The lowest BCUT2D eigenvalue weighted by molar-refractivity contribution is 0.106. The van der Waals surface area contributed by atoms with E-state index in [9.17, 15) is 5.11 Å². The van der Waals surface area contributed by atoms with Crippen molar-refractivity contribution < 1.29 is 24.1 Å². The van der Waals surface area contributed by atoms with E-state index >= 15 is 0 Å². The van der Waals surface area contributed by atoms with Crippen LogP contribution in [0.25, 0.3) is 17.1 Å². The fourth-order valence-electron chi connectivity index (χ4n) is 3.52. The molecular weight excluding hydrogens is 472 g/mol. The van der Waals surface area contributed by atoms with Gasteiger partial charge in [0.05, 0.1) is 19.4 Å². The van der Waals surface area contributed by atoms with Crippen molar-refractivity contribution in [3.8, 4) is 34.6 Å². The zero-order chi connectivity index (χ0) is 25.9. The summed E-state index contributed by atoms with van der Waals surface area (Å²) in [6.07, 6.45) is -0.659. The van der Waals surface area contributed by atoms with Gasteiger partial charge in [0.25, 0.3) is 0 Å². The zero-order valence-corrected chi connectivity index (χ0v) is 21.0. The Labute approximate surface area is 216 Å². The van der Waals surface area contributed by atoms with Crippen LogP contribution in [0.15, 0.2) is 78.9 Å². The summed E-state index contributed by atoms with van der Waals surface area (Å²) in [5.41, 5.74) is 2.55. The first kappa shape index (κ1) is 26.0. The molecule has 0 spiro atoms. The minimum atomic E-state index is -0.659. The van der Waals surface area contributed by atoms with Gasteiger partial charge in [-0.3, -0.25) is 0 Å². The smallest absolute Gasteiger partial charge is 0.336 e. The monoisotopic (exact) mass is 504 g/mol. The van der Waals surface area contributed by atoms with Crippen molar-refractivity contribution >= 4 is 5.69 Å². The first-order chi connectivity index (χ1) is 18.2. The van der Waals surface area contributed by atoms with Crippen LogP contribution in [-0.4, -0.2) is 66.1 Å². The third kappa shape index (κ3) is 7.45. The van der Waals surface area contributed by atoms with Gasteiger partial charge in [0, 0.05) is 24.4 Å². The Kier molecular flexibility index (Phi) is 9.34. The number of ether oxygens (including phenoxy) is 4.